The van der Waals surface area contributed by atoms with Gasteiger partial charge in [-0.1, -0.05) is 40.0 Å². The quantitative estimate of drug-likeness (QED) is 0.371. The standard InChI is InChI=1S/C27H43N3O7/c1-8-17(21(31)24(34)36-7)28-22(32)20-18-16(27(18,5)6)14-30(20)23(33)19(15-12-10-9-11-13-15)29-25(35)37-26(2,3)4/h15-20H,8-14H2,1-7H3,(H,28,32)(H,29,35)/t16-,17-,18-,19-,20-/m0/s1. The maximum absolute atomic E-state index is 14.0. The molecule has 3 amide bonds. The van der Waals surface area contributed by atoms with Crippen molar-refractivity contribution in [1.29, 1.82) is 0 Å². The Morgan fingerprint density at radius 1 is 1.03 bits per heavy atom. The zero-order valence-corrected chi connectivity index (χ0v) is 23.2. The predicted octanol–water partition coefficient (Wildman–Crippen LogP) is 2.58. The number of fused-ring (bicyclic) bond motifs is 1. The molecule has 2 aliphatic carbocycles. The molecule has 3 rings (SSSR count). The van der Waals surface area contributed by atoms with Gasteiger partial charge in [0.25, 0.3) is 5.78 Å². The Kier molecular flexibility index (Phi) is 8.59. The highest BCUT2D eigenvalue weighted by molar-refractivity contribution is 6.36. The Hall–Kier alpha value is -2.65. The fraction of sp³-hybridized carbons (Fsp3) is 0.815. The van der Waals surface area contributed by atoms with Crippen LogP contribution in [-0.2, 0) is 28.7 Å². The Bertz CT molecular complexity index is 919. The van der Waals surface area contributed by atoms with Gasteiger partial charge in [-0.05, 0) is 63.2 Å². The molecule has 0 radical (unpaired) electrons. The number of amides is 3. The number of nitrogens with one attached hydrogen (secondary N) is 2. The third kappa shape index (κ3) is 6.26. The first-order valence-corrected chi connectivity index (χ1v) is 13.5. The summed E-state index contributed by atoms with van der Waals surface area (Å²) in [5.41, 5.74) is -0.848. The monoisotopic (exact) mass is 521 g/mol. The van der Waals surface area contributed by atoms with Crippen LogP contribution in [0.25, 0.3) is 0 Å². The Labute approximate surface area is 219 Å². The molecule has 0 unspecified atom stereocenters. The minimum Gasteiger partial charge on any atom is -0.463 e. The van der Waals surface area contributed by atoms with Crippen LogP contribution in [0.5, 0.6) is 0 Å². The average Bonchev–Trinajstić information content (AvgIpc) is 3.17. The first-order valence-electron chi connectivity index (χ1n) is 13.5. The number of ketones is 1. The maximum atomic E-state index is 14.0. The van der Waals surface area contributed by atoms with E-state index in [4.69, 9.17) is 4.74 Å². The van der Waals surface area contributed by atoms with Crippen LogP contribution in [0.4, 0.5) is 4.79 Å². The van der Waals surface area contributed by atoms with Crippen LogP contribution in [0.2, 0.25) is 0 Å². The number of piperidine rings is 1. The van der Waals surface area contributed by atoms with E-state index in [1.54, 1.807) is 32.6 Å². The summed E-state index contributed by atoms with van der Waals surface area (Å²) in [6.45, 7) is 11.5. The van der Waals surface area contributed by atoms with Crippen molar-refractivity contribution in [3.05, 3.63) is 0 Å². The van der Waals surface area contributed by atoms with Gasteiger partial charge in [0.05, 0.1) is 13.2 Å². The summed E-state index contributed by atoms with van der Waals surface area (Å²) in [6, 6.07) is -2.63. The lowest BCUT2D eigenvalue weighted by atomic mass is 9.83. The molecular weight excluding hydrogens is 478 g/mol. The number of carbonyl (C=O) groups is 5. The summed E-state index contributed by atoms with van der Waals surface area (Å²) < 4.78 is 9.99. The summed E-state index contributed by atoms with van der Waals surface area (Å²) >= 11 is 0. The summed E-state index contributed by atoms with van der Waals surface area (Å²) in [5, 5.41) is 5.52. The van der Waals surface area contributed by atoms with E-state index in [9.17, 15) is 24.0 Å². The number of alkyl carbamates (subject to hydrolysis) is 1. The molecule has 0 aromatic heterocycles. The number of ether oxygens (including phenoxy) is 2. The van der Waals surface area contributed by atoms with E-state index in [1.165, 1.54) is 0 Å². The topological polar surface area (TPSA) is 131 Å². The lowest BCUT2D eigenvalue weighted by Gasteiger charge is -2.37. The number of rotatable bonds is 8. The number of likely N-dealkylation sites (tertiary alicyclic amines) is 1. The zero-order valence-electron chi connectivity index (χ0n) is 23.2. The summed E-state index contributed by atoms with van der Waals surface area (Å²) in [6.07, 6.45) is 4.20. The largest absolute Gasteiger partial charge is 0.463 e. The van der Waals surface area contributed by atoms with E-state index in [0.29, 0.717) is 6.54 Å². The molecule has 1 heterocycles. The Morgan fingerprint density at radius 3 is 2.19 bits per heavy atom. The van der Waals surface area contributed by atoms with E-state index in [-0.39, 0.29) is 35.5 Å². The molecule has 0 spiro atoms. The molecule has 1 saturated heterocycles. The third-order valence-electron chi connectivity index (χ3n) is 8.25. The molecule has 2 N–H and O–H groups in total. The summed E-state index contributed by atoms with van der Waals surface area (Å²) in [4.78, 5) is 66.1. The van der Waals surface area contributed by atoms with Gasteiger partial charge in [0.1, 0.15) is 17.7 Å². The molecule has 208 valence electrons. The van der Waals surface area contributed by atoms with Crippen molar-refractivity contribution in [1.82, 2.24) is 15.5 Å². The highest BCUT2D eigenvalue weighted by atomic mass is 16.6. The van der Waals surface area contributed by atoms with E-state index in [0.717, 1.165) is 39.2 Å². The number of esters is 1. The Morgan fingerprint density at radius 2 is 1.65 bits per heavy atom. The van der Waals surface area contributed by atoms with Crippen LogP contribution in [0.15, 0.2) is 0 Å². The van der Waals surface area contributed by atoms with E-state index in [2.05, 4.69) is 29.2 Å². The number of hydrogen-bond donors (Lipinski definition) is 2. The predicted molar refractivity (Wildman–Crippen MR) is 135 cm³/mol. The molecule has 3 fully saturated rings. The minimum atomic E-state index is -1.04. The van der Waals surface area contributed by atoms with Crippen LogP contribution in [-0.4, -0.2) is 71.9 Å². The highest BCUT2D eigenvalue weighted by Gasteiger charge is 2.69. The van der Waals surface area contributed by atoms with Crippen molar-refractivity contribution in [3.63, 3.8) is 0 Å². The molecule has 1 aliphatic heterocycles. The summed E-state index contributed by atoms with van der Waals surface area (Å²) in [7, 11) is 1.12. The van der Waals surface area contributed by atoms with E-state index < -0.39 is 47.5 Å². The second kappa shape index (κ2) is 11.0. The van der Waals surface area contributed by atoms with Gasteiger partial charge in [0.15, 0.2) is 0 Å². The molecule has 0 aromatic rings. The lowest BCUT2D eigenvalue weighted by Crippen LogP contribution is -2.59. The van der Waals surface area contributed by atoms with Gasteiger partial charge in [0, 0.05) is 6.54 Å². The fourth-order valence-electron chi connectivity index (χ4n) is 6.13. The molecule has 2 saturated carbocycles. The average molecular weight is 522 g/mol. The second-order valence-corrected chi connectivity index (χ2v) is 12.2. The van der Waals surface area contributed by atoms with Crippen molar-refractivity contribution in [3.8, 4) is 0 Å². The maximum Gasteiger partial charge on any atom is 0.408 e. The lowest BCUT2D eigenvalue weighted by molar-refractivity contribution is -0.153. The molecule has 10 heteroatoms. The number of nitrogens with zero attached hydrogens (tertiary/aromatic N) is 1. The van der Waals surface area contributed by atoms with Crippen molar-refractivity contribution < 1.29 is 33.4 Å². The molecular formula is C27H43N3O7. The smallest absolute Gasteiger partial charge is 0.408 e. The summed E-state index contributed by atoms with van der Waals surface area (Å²) in [5.74, 6) is -2.59. The zero-order chi connectivity index (χ0) is 27.7. The number of Topliss-reactive ketones (excluding diaryl/α,β-unsaturated/α-hetero) is 1. The normalized spacial score (nSPS) is 26.4. The van der Waals surface area contributed by atoms with Crippen molar-refractivity contribution in [2.45, 2.75) is 104 Å². The first-order chi connectivity index (χ1) is 17.2. The van der Waals surface area contributed by atoms with Crippen molar-refractivity contribution >= 4 is 29.7 Å². The number of hydrogen-bond acceptors (Lipinski definition) is 7. The van der Waals surface area contributed by atoms with Gasteiger partial charge in [-0.2, -0.15) is 0 Å². The minimum absolute atomic E-state index is 0.0493. The highest BCUT2D eigenvalue weighted by Crippen LogP contribution is 2.65. The van der Waals surface area contributed by atoms with Gasteiger partial charge < -0.3 is 25.0 Å². The fourth-order valence-corrected chi connectivity index (χ4v) is 6.13. The molecule has 10 nitrogen and oxygen atoms in total. The molecule has 3 aliphatic rings. The van der Waals surface area contributed by atoms with Gasteiger partial charge in [0.2, 0.25) is 11.8 Å². The van der Waals surface area contributed by atoms with Crippen LogP contribution in [0, 0.1) is 23.2 Å². The number of carbonyl (C=O) groups excluding carboxylic acids is 5. The first kappa shape index (κ1) is 28.9. The van der Waals surface area contributed by atoms with Crippen LogP contribution >= 0.6 is 0 Å². The number of methoxy groups -OCH3 is 1. The van der Waals surface area contributed by atoms with Crippen LogP contribution < -0.4 is 10.6 Å². The molecule has 37 heavy (non-hydrogen) atoms. The van der Waals surface area contributed by atoms with E-state index in [1.807, 2.05) is 0 Å². The van der Waals surface area contributed by atoms with E-state index >= 15 is 0 Å². The second-order valence-electron chi connectivity index (χ2n) is 12.2. The Balaban J connectivity index is 1.84. The van der Waals surface area contributed by atoms with Crippen molar-refractivity contribution in [2.75, 3.05) is 13.7 Å². The van der Waals surface area contributed by atoms with Crippen LogP contribution in [0.3, 0.4) is 0 Å². The molecule has 0 aromatic carbocycles. The van der Waals surface area contributed by atoms with Crippen LogP contribution in [0.1, 0.15) is 80.1 Å². The third-order valence-corrected chi connectivity index (χ3v) is 8.25. The van der Waals surface area contributed by atoms with Crippen molar-refractivity contribution in [2.24, 2.45) is 23.2 Å². The molecule has 5 atom stereocenters. The van der Waals surface area contributed by atoms with Gasteiger partial charge in [-0.3, -0.25) is 14.4 Å². The molecule has 0 bridgehead atoms. The van der Waals surface area contributed by atoms with Gasteiger partial charge in [-0.25, -0.2) is 9.59 Å². The van der Waals surface area contributed by atoms with Gasteiger partial charge >= 0.3 is 12.1 Å². The SMILES string of the molecule is CC[C@H](NC(=O)[C@@H]1[C@@H]2[C@H](CN1C(=O)[C@@H](NC(=O)OC(C)(C)C)C1CCCCC1)C2(C)C)C(=O)C(=O)OC. The van der Waals surface area contributed by atoms with Gasteiger partial charge in [-0.15, -0.1) is 0 Å².